The Balaban J connectivity index is 1.85. The minimum absolute atomic E-state index is 0.120. The number of anilines is 1. The van der Waals surface area contributed by atoms with E-state index in [1.807, 2.05) is 0 Å². The van der Waals surface area contributed by atoms with E-state index >= 15 is 0 Å². The van der Waals surface area contributed by atoms with Crippen LogP contribution in [0.25, 0.3) is 11.0 Å². The van der Waals surface area contributed by atoms with Gasteiger partial charge in [0.1, 0.15) is 29.4 Å². The van der Waals surface area contributed by atoms with E-state index < -0.39 is 41.5 Å². The van der Waals surface area contributed by atoms with Gasteiger partial charge in [-0.15, -0.1) is 0 Å². The maximum absolute atomic E-state index is 13.7. The van der Waals surface area contributed by atoms with Gasteiger partial charge in [-0.05, 0) is 31.2 Å². The number of nitrogens with one attached hydrogen (secondary N) is 1. The molecule has 0 saturated heterocycles. The summed E-state index contributed by atoms with van der Waals surface area (Å²) in [5.41, 5.74) is -0.838. The molecule has 1 amide bonds. The summed E-state index contributed by atoms with van der Waals surface area (Å²) >= 11 is 0. The van der Waals surface area contributed by atoms with Crippen LogP contribution >= 0.6 is 0 Å². The Morgan fingerprint density at radius 2 is 1.79 bits per heavy atom. The standard InChI is InChI=1S/C20H15F2NO6/c1-2-27-20(26)23-12-6-7-13-11(8-17(24)29-16(13)9-12)10-28-19(25)18-14(21)4-3-5-15(18)22/h3-9H,2,10H2,1H3,(H,23,26). The molecule has 0 aliphatic rings. The molecule has 0 radical (unpaired) electrons. The molecule has 0 aliphatic heterocycles. The van der Waals surface area contributed by atoms with Crippen molar-refractivity contribution in [2.75, 3.05) is 11.9 Å². The molecule has 7 nitrogen and oxygen atoms in total. The van der Waals surface area contributed by atoms with Crippen molar-refractivity contribution in [2.45, 2.75) is 13.5 Å². The molecule has 0 atom stereocenters. The second kappa shape index (κ2) is 8.51. The van der Waals surface area contributed by atoms with Crippen LogP contribution in [0.3, 0.4) is 0 Å². The zero-order chi connectivity index (χ0) is 21.0. The van der Waals surface area contributed by atoms with Crippen LogP contribution in [0.15, 0.2) is 51.7 Å². The first-order valence-electron chi connectivity index (χ1n) is 8.50. The van der Waals surface area contributed by atoms with Gasteiger partial charge in [-0.3, -0.25) is 5.32 Å². The first-order chi connectivity index (χ1) is 13.9. The molecule has 9 heteroatoms. The van der Waals surface area contributed by atoms with Gasteiger partial charge in [0, 0.05) is 28.8 Å². The summed E-state index contributed by atoms with van der Waals surface area (Å²) < 4.78 is 42.2. The van der Waals surface area contributed by atoms with Crippen molar-refractivity contribution >= 4 is 28.7 Å². The topological polar surface area (TPSA) is 94.8 Å². The number of ether oxygens (including phenoxy) is 2. The highest BCUT2D eigenvalue weighted by atomic mass is 19.1. The fourth-order valence-corrected chi connectivity index (χ4v) is 2.62. The molecule has 0 saturated carbocycles. The third-order valence-electron chi connectivity index (χ3n) is 3.88. The van der Waals surface area contributed by atoms with Gasteiger partial charge in [0.05, 0.1) is 6.61 Å². The largest absolute Gasteiger partial charge is 0.457 e. The van der Waals surface area contributed by atoms with Crippen LogP contribution in [0.4, 0.5) is 19.3 Å². The van der Waals surface area contributed by atoms with E-state index in [1.54, 1.807) is 6.92 Å². The SMILES string of the molecule is CCOC(=O)Nc1ccc2c(COC(=O)c3c(F)cccc3F)cc(=O)oc2c1. The normalized spacial score (nSPS) is 10.6. The number of amides is 1. The Labute approximate surface area is 162 Å². The minimum atomic E-state index is -1.21. The predicted octanol–water partition coefficient (Wildman–Crippen LogP) is 4.00. The Morgan fingerprint density at radius 3 is 2.48 bits per heavy atom. The lowest BCUT2D eigenvalue weighted by molar-refractivity contribution is 0.0462. The number of benzene rings is 2. The zero-order valence-corrected chi connectivity index (χ0v) is 15.2. The van der Waals surface area contributed by atoms with E-state index in [0.717, 1.165) is 24.3 Å². The maximum atomic E-state index is 13.7. The highest BCUT2D eigenvalue weighted by Crippen LogP contribution is 2.23. The number of fused-ring (bicyclic) bond motifs is 1. The number of hydrogen-bond acceptors (Lipinski definition) is 6. The molecule has 0 unspecified atom stereocenters. The monoisotopic (exact) mass is 403 g/mol. The molecule has 3 aromatic rings. The van der Waals surface area contributed by atoms with Crippen molar-refractivity contribution < 1.29 is 32.3 Å². The number of hydrogen-bond donors (Lipinski definition) is 1. The number of esters is 1. The van der Waals surface area contributed by atoms with Gasteiger partial charge in [0.25, 0.3) is 0 Å². The van der Waals surface area contributed by atoms with Crippen molar-refractivity contribution in [3.05, 3.63) is 75.6 Å². The van der Waals surface area contributed by atoms with Crippen LogP contribution in [0.2, 0.25) is 0 Å². The summed E-state index contributed by atoms with van der Waals surface area (Å²) in [4.78, 5) is 35.4. The number of rotatable bonds is 5. The summed E-state index contributed by atoms with van der Waals surface area (Å²) in [6, 6.07) is 8.56. The molecule has 29 heavy (non-hydrogen) atoms. The van der Waals surface area contributed by atoms with Crippen molar-refractivity contribution in [3.8, 4) is 0 Å². The lowest BCUT2D eigenvalue weighted by Crippen LogP contribution is -2.13. The van der Waals surface area contributed by atoms with E-state index in [4.69, 9.17) is 13.9 Å². The Kier molecular flexibility index (Phi) is 5.87. The number of carbonyl (C=O) groups is 2. The molecule has 0 aliphatic carbocycles. The van der Waals surface area contributed by atoms with Crippen molar-refractivity contribution in [1.82, 2.24) is 0 Å². The summed E-state index contributed by atoms with van der Waals surface area (Å²) in [7, 11) is 0. The maximum Gasteiger partial charge on any atom is 0.411 e. The fourth-order valence-electron chi connectivity index (χ4n) is 2.62. The average Bonchev–Trinajstić information content (AvgIpc) is 2.65. The highest BCUT2D eigenvalue weighted by Gasteiger charge is 2.19. The highest BCUT2D eigenvalue weighted by molar-refractivity contribution is 5.91. The molecule has 0 fully saturated rings. The quantitative estimate of drug-likeness (QED) is 0.511. The predicted molar refractivity (Wildman–Crippen MR) is 98.6 cm³/mol. The molecule has 150 valence electrons. The number of carbonyl (C=O) groups excluding carboxylic acids is 2. The lowest BCUT2D eigenvalue weighted by Gasteiger charge is -2.10. The third kappa shape index (κ3) is 4.57. The summed E-state index contributed by atoms with van der Waals surface area (Å²) in [5, 5.41) is 2.88. The molecule has 1 aromatic heterocycles. The van der Waals surface area contributed by atoms with Gasteiger partial charge < -0.3 is 13.9 Å². The van der Waals surface area contributed by atoms with E-state index in [-0.39, 0.29) is 17.8 Å². The summed E-state index contributed by atoms with van der Waals surface area (Å²) in [6.07, 6.45) is -0.675. The van der Waals surface area contributed by atoms with E-state index in [9.17, 15) is 23.2 Å². The summed E-state index contributed by atoms with van der Waals surface area (Å²) in [6.45, 7) is 1.42. The van der Waals surface area contributed by atoms with Crippen LogP contribution in [-0.4, -0.2) is 18.7 Å². The number of halogens is 2. The molecule has 2 aromatic carbocycles. The van der Waals surface area contributed by atoms with Crippen molar-refractivity contribution in [1.29, 1.82) is 0 Å². The van der Waals surface area contributed by atoms with Gasteiger partial charge in [0.2, 0.25) is 0 Å². The first kappa shape index (κ1) is 20.0. The van der Waals surface area contributed by atoms with Crippen LogP contribution in [-0.2, 0) is 16.1 Å². The van der Waals surface area contributed by atoms with E-state index in [0.29, 0.717) is 11.1 Å². The molecular formula is C20H15F2NO6. The lowest BCUT2D eigenvalue weighted by atomic mass is 10.1. The summed E-state index contributed by atoms with van der Waals surface area (Å²) in [5.74, 6) is -3.31. The second-order valence-electron chi connectivity index (χ2n) is 5.82. The molecule has 3 rings (SSSR count). The molecular weight excluding hydrogens is 388 g/mol. The molecule has 0 bridgehead atoms. The van der Waals surface area contributed by atoms with Crippen LogP contribution in [0.5, 0.6) is 0 Å². The minimum Gasteiger partial charge on any atom is -0.457 e. The molecule has 1 heterocycles. The first-order valence-corrected chi connectivity index (χ1v) is 8.50. The third-order valence-corrected chi connectivity index (χ3v) is 3.88. The van der Waals surface area contributed by atoms with Crippen molar-refractivity contribution in [2.24, 2.45) is 0 Å². The van der Waals surface area contributed by atoms with Gasteiger partial charge in [-0.1, -0.05) is 6.07 Å². The van der Waals surface area contributed by atoms with E-state index in [2.05, 4.69) is 5.32 Å². The average molecular weight is 403 g/mol. The van der Waals surface area contributed by atoms with Gasteiger partial charge in [-0.2, -0.15) is 0 Å². The molecule has 0 spiro atoms. The van der Waals surface area contributed by atoms with Crippen LogP contribution < -0.4 is 10.9 Å². The second-order valence-corrected chi connectivity index (χ2v) is 5.82. The van der Waals surface area contributed by atoms with Crippen LogP contribution in [0, 0.1) is 11.6 Å². The zero-order valence-electron chi connectivity index (χ0n) is 15.2. The Morgan fingerprint density at radius 1 is 1.07 bits per heavy atom. The van der Waals surface area contributed by atoms with Gasteiger partial charge in [-0.25, -0.2) is 23.2 Å². The van der Waals surface area contributed by atoms with Crippen LogP contribution in [0.1, 0.15) is 22.8 Å². The van der Waals surface area contributed by atoms with Gasteiger partial charge in [0.15, 0.2) is 0 Å². The Hall–Kier alpha value is -3.75. The van der Waals surface area contributed by atoms with E-state index in [1.165, 1.54) is 18.2 Å². The van der Waals surface area contributed by atoms with Crippen molar-refractivity contribution in [3.63, 3.8) is 0 Å². The molecule has 1 N–H and O–H groups in total. The fraction of sp³-hybridized carbons (Fsp3) is 0.150. The smallest absolute Gasteiger partial charge is 0.411 e. The Bertz CT molecular complexity index is 1120. The van der Waals surface area contributed by atoms with Gasteiger partial charge >= 0.3 is 17.7 Å².